The van der Waals surface area contributed by atoms with E-state index in [2.05, 4.69) is 4.31 Å². The Balaban J connectivity index is 2.31. The van der Waals surface area contributed by atoms with Gasteiger partial charge in [-0.3, -0.25) is 37.5 Å². The van der Waals surface area contributed by atoms with Crippen LogP contribution in [0.1, 0.15) is 25.7 Å². The van der Waals surface area contributed by atoms with Crippen molar-refractivity contribution in [1.29, 1.82) is 0 Å². The van der Waals surface area contributed by atoms with Gasteiger partial charge in [0.05, 0.1) is 0 Å². The van der Waals surface area contributed by atoms with Crippen LogP contribution in [0.3, 0.4) is 0 Å². The van der Waals surface area contributed by atoms with Crippen LogP contribution in [0, 0.1) is 0 Å². The molecule has 2 aliphatic rings. The summed E-state index contributed by atoms with van der Waals surface area (Å²) < 4.78 is 63.4. The predicted octanol–water partition coefficient (Wildman–Crippen LogP) is -0.0748. The summed E-state index contributed by atoms with van der Waals surface area (Å²) >= 11 is 0. The second-order valence-electron chi connectivity index (χ2n) is 8.77. The van der Waals surface area contributed by atoms with E-state index in [9.17, 15) is 62.0 Å². The van der Waals surface area contributed by atoms with Gasteiger partial charge < -0.3 is 39.1 Å². The van der Waals surface area contributed by atoms with Gasteiger partial charge in [-0.25, -0.2) is 4.31 Å². The smallest absolute Gasteiger partial charge is 0.324 e. The molecule has 208 valence electrons. The van der Waals surface area contributed by atoms with E-state index in [1.807, 2.05) is 0 Å². The van der Waals surface area contributed by atoms with Crippen LogP contribution in [0.4, 0.5) is 0 Å². The van der Waals surface area contributed by atoms with Crippen molar-refractivity contribution in [3.05, 3.63) is 0 Å². The summed E-state index contributed by atoms with van der Waals surface area (Å²) in [5.74, 6) is 0. The van der Waals surface area contributed by atoms with Crippen molar-refractivity contribution in [3.8, 4) is 0 Å². The average Bonchev–Trinajstić information content (AvgIpc) is 2.59. The Morgan fingerprint density at radius 1 is 0.743 bits per heavy atom. The predicted molar refractivity (Wildman–Crippen MR) is 122 cm³/mol. The van der Waals surface area contributed by atoms with Crippen LogP contribution >= 0.6 is 38.0 Å². The molecule has 0 radical (unpaired) electrons. The summed E-state index contributed by atoms with van der Waals surface area (Å²) in [6.45, 7) is -0.370. The molecule has 1 saturated carbocycles. The van der Waals surface area contributed by atoms with Crippen molar-refractivity contribution in [2.24, 2.45) is 0 Å². The van der Waals surface area contributed by atoms with Crippen LogP contribution in [-0.2, 0) is 27.1 Å². The molecule has 22 heteroatoms. The fourth-order valence-corrected chi connectivity index (χ4v) is 10.7. The third-order valence-electron chi connectivity index (χ3n) is 5.45. The quantitative estimate of drug-likeness (QED) is 0.142. The monoisotopic (exact) mass is 609 g/mol. The molecule has 2 rings (SSSR count). The summed E-state index contributed by atoms with van der Waals surface area (Å²) in [6, 6.07) is -1.68. The molecule has 2 unspecified atom stereocenters. The van der Waals surface area contributed by atoms with E-state index in [4.69, 9.17) is 0 Å². The number of hydrogen-bond acceptors (Lipinski definition) is 9. The highest BCUT2D eigenvalue weighted by atomic mass is 31.3. The minimum absolute atomic E-state index is 0.182. The standard InChI is InChI=1S/C13H32N3O14P5/c17-31(18,19)9-15(6-5-14-7-34(26,27)30-35(28,29)8-14)12-3-1-2-4-13(12)16(10-32(20,21)22)11-33(23,24)25/h12-13H,1-11H2,(H,26,27)(H,28,29)(H2,17,18,19)(H2,20,21,22)(H2,23,24,25)/t12-,13-/m0/s1. The maximum Gasteiger partial charge on any atom is 0.349 e. The maximum atomic E-state index is 11.9. The first-order valence-electron chi connectivity index (χ1n) is 10.3. The molecule has 17 nitrogen and oxygen atoms in total. The molecular weight excluding hydrogens is 577 g/mol. The van der Waals surface area contributed by atoms with Gasteiger partial charge in [0.25, 0.3) is 0 Å². The molecule has 2 fully saturated rings. The van der Waals surface area contributed by atoms with Crippen molar-refractivity contribution >= 4 is 38.0 Å². The normalized spacial score (nSPS) is 31.8. The Labute approximate surface area is 201 Å². The van der Waals surface area contributed by atoms with Crippen LogP contribution in [0.5, 0.6) is 0 Å². The Morgan fingerprint density at radius 2 is 1.11 bits per heavy atom. The zero-order valence-electron chi connectivity index (χ0n) is 18.5. The van der Waals surface area contributed by atoms with E-state index in [1.165, 1.54) is 4.90 Å². The minimum Gasteiger partial charge on any atom is -0.324 e. The summed E-state index contributed by atoms with van der Waals surface area (Å²) in [5.41, 5.74) is 0. The lowest BCUT2D eigenvalue weighted by Gasteiger charge is -2.45. The summed E-state index contributed by atoms with van der Waals surface area (Å²) in [4.78, 5) is 79.8. The van der Waals surface area contributed by atoms with Crippen molar-refractivity contribution in [2.75, 3.05) is 44.5 Å². The molecule has 1 aliphatic heterocycles. The van der Waals surface area contributed by atoms with Gasteiger partial charge in [-0.1, -0.05) is 12.8 Å². The second-order valence-corrected chi connectivity index (χ2v) is 17.4. The largest absolute Gasteiger partial charge is 0.349 e. The van der Waals surface area contributed by atoms with E-state index in [-0.39, 0.29) is 25.9 Å². The van der Waals surface area contributed by atoms with Gasteiger partial charge in [0.1, 0.15) is 31.4 Å². The lowest BCUT2D eigenvalue weighted by atomic mass is 9.88. The number of hydrogen-bond donors (Lipinski definition) is 8. The fourth-order valence-electron chi connectivity index (χ4n) is 4.46. The highest BCUT2D eigenvalue weighted by Gasteiger charge is 2.43. The van der Waals surface area contributed by atoms with Crippen LogP contribution in [0.25, 0.3) is 0 Å². The third kappa shape index (κ3) is 11.9. The van der Waals surface area contributed by atoms with Crippen LogP contribution in [-0.4, -0.2) is 110 Å². The van der Waals surface area contributed by atoms with Gasteiger partial charge in [0.2, 0.25) is 0 Å². The molecule has 0 spiro atoms. The third-order valence-corrected chi connectivity index (χ3v) is 11.2. The first kappa shape index (κ1) is 31.9. The molecule has 0 aromatic rings. The summed E-state index contributed by atoms with van der Waals surface area (Å²) in [5, 5.41) is 0. The van der Waals surface area contributed by atoms with E-state index >= 15 is 0 Å². The maximum absolute atomic E-state index is 11.9. The molecule has 1 saturated heterocycles. The van der Waals surface area contributed by atoms with Gasteiger partial charge in [-0.2, -0.15) is 0 Å². The van der Waals surface area contributed by atoms with E-state index in [0.717, 1.165) is 9.80 Å². The van der Waals surface area contributed by atoms with E-state index in [1.54, 1.807) is 0 Å². The molecule has 0 aromatic heterocycles. The topological polar surface area (TPSA) is 266 Å². The minimum atomic E-state index is -4.77. The molecule has 0 aromatic carbocycles. The van der Waals surface area contributed by atoms with Crippen LogP contribution in [0.15, 0.2) is 0 Å². The number of rotatable bonds is 11. The Bertz CT molecular complexity index is 931. The average molecular weight is 609 g/mol. The van der Waals surface area contributed by atoms with Crippen molar-refractivity contribution in [3.63, 3.8) is 0 Å². The summed E-state index contributed by atoms with van der Waals surface area (Å²) in [6.07, 6.45) is -2.35. The highest BCUT2D eigenvalue weighted by Crippen LogP contribution is 2.63. The van der Waals surface area contributed by atoms with Gasteiger partial charge in [-0.15, -0.1) is 0 Å². The van der Waals surface area contributed by atoms with Crippen molar-refractivity contribution in [1.82, 2.24) is 14.7 Å². The first-order chi connectivity index (χ1) is 15.6. The fraction of sp³-hybridized carbons (Fsp3) is 1.00. The van der Waals surface area contributed by atoms with Gasteiger partial charge in [-0.05, 0) is 12.8 Å². The zero-order valence-corrected chi connectivity index (χ0v) is 23.0. The zero-order chi connectivity index (χ0) is 26.9. The van der Waals surface area contributed by atoms with Gasteiger partial charge in [0.15, 0.2) is 0 Å². The lowest BCUT2D eigenvalue weighted by molar-refractivity contribution is 0.0621. The molecular formula is C13H32N3O14P5. The van der Waals surface area contributed by atoms with Crippen LogP contribution < -0.4 is 0 Å². The molecule has 1 heterocycles. The highest BCUT2D eigenvalue weighted by molar-refractivity contribution is 7.66. The second kappa shape index (κ2) is 11.8. The molecule has 8 N–H and O–H groups in total. The SMILES string of the molecule is O=P(O)(O)CN(CCN1CP(=O)(O)OP(=O)(O)C1)[C@H]1CCCC[C@@H]1N(CP(=O)(O)O)CP(=O)(O)O. The Morgan fingerprint density at radius 3 is 1.51 bits per heavy atom. The molecule has 0 bridgehead atoms. The van der Waals surface area contributed by atoms with Gasteiger partial charge in [0, 0.05) is 25.2 Å². The summed E-state index contributed by atoms with van der Waals surface area (Å²) in [7, 11) is -23.1. The van der Waals surface area contributed by atoms with Crippen LogP contribution in [0.2, 0.25) is 0 Å². The molecule has 4 atom stereocenters. The van der Waals surface area contributed by atoms with Crippen molar-refractivity contribution in [2.45, 2.75) is 37.8 Å². The molecule has 1 aliphatic carbocycles. The van der Waals surface area contributed by atoms with Crippen molar-refractivity contribution < 1.29 is 66.3 Å². The van der Waals surface area contributed by atoms with E-state index < -0.39 is 81.5 Å². The first-order valence-corrected chi connectivity index (χ1v) is 19.3. The lowest BCUT2D eigenvalue weighted by Crippen LogP contribution is -2.55. The van der Waals surface area contributed by atoms with Gasteiger partial charge >= 0.3 is 38.0 Å². The Hall–Kier alpha value is 0.670. The molecule has 35 heavy (non-hydrogen) atoms. The Kier molecular flexibility index (Phi) is 10.8. The molecule has 0 amide bonds. The van der Waals surface area contributed by atoms with E-state index in [0.29, 0.717) is 12.8 Å². The number of nitrogens with zero attached hydrogens (tertiary/aromatic N) is 3.